The molecule has 0 saturated carbocycles. The van der Waals surface area contributed by atoms with E-state index in [0.717, 1.165) is 18.2 Å². The minimum Gasteiger partial charge on any atom is -0.478 e. The summed E-state index contributed by atoms with van der Waals surface area (Å²) in [5, 5.41) is 21.7. The van der Waals surface area contributed by atoms with Crippen molar-refractivity contribution in [1.82, 2.24) is 10.6 Å². The van der Waals surface area contributed by atoms with Gasteiger partial charge in [-0.25, -0.2) is 14.4 Å². The van der Waals surface area contributed by atoms with Gasteiger partial charge < -0.3 is 15.5 Å². The van der Waals surface area contributed by atoms with E-state index >= 15 is 0 Å². The topological polar surface area (TPSA) is 133 Å². The van der Waals surface area contributed by atoms with Crippen LogP contribution in [-0.4, -0.2) is 41.1 Å². The molecule has 4 N–H and O–H groups in total. The molecule has 0 aliphatic heterocycles. The summed E-state index contributed by atoms with van der Waals surface area (Å²) >= 11 is 0. The summed E-state index contributed by atoms with van der Waals surface area (Å²) in [6, 6.07) is 2.11. The van der Waals surface area contributed by atoms with Crippen LogP contribution in [0.25, 0.3) is 0 Å². The van der Waals surface area contributed by atoms with Gasteiger partial charge in [0.2, 0.25) is 0 Å². The second-order valence-corrected chi connectivity index (χ2v) is 3.40. The first-order valence-electron chi connectivity index (χ1n) is 5.00. The summed E-state index contributed by atoms with van der Waals surface area (Å²) in [4.78, 5) is 44.4. The number of benzene rings is 1. The van der Waals surface area contributed by atoms with E-state index in [4.69, 9.17) is 10.2 Å². The van der Waals surface area contributed by atoms with E-state index in [0.29, 0.717) is 0 Å². The minimum absolute atomic E-state index is 0.257. The molecule has 1 aromatic rings. The molecule has 0 fully saturated rings. The Hall–Kier alpha value is -2.90. The average Bonchev–Trinajstić information content (AvgIpc) is 2.37. The Balaban J connectivity index is 3.24. The van der Waals surface area contributed by atoms with E-state index in [1.807, 2.05) is 5.32 Å². The number of urea groups is 1. The number of carbonyl (C=O) groups is 4. The Morgan fingerprint density at radius 2 is 1.63 bits per heavy atom. The van der Waals surface area contributed by atoms with E-state index in [1.165, 1.54) is 7.05 Å². The Labute approximate surface area is 107 Å². The standard InChI is InChI=1S/C11H10N2O6/c1-12-11(19)13-8(14)7-4-5(9(15)16)2-3-6(7)10(17)18/h2-4H,1H3,(H,15,16)(H,17,18)(H2,12,13,14,19). The summed E-state index contributed by atoms with van der Waals surface area (Å²) in [5.74, 6) is -3.72. The summed E-state index contributed by atoms with van der Waals surface area (Å²) in [7, 11) is 1.27. The highest BCUT2D eigenvalue weighted by Crippen LogP contribution is 2.13. The molecule has 8 nitrogen and oxygen atoms in total. The van der Waals surface area contributed by atoms with E-state index < -0.39 is 35.0 Å². The lowest BCUT2D eigenvalue weighted by Crippen LogP contribution is -2.38. The number of carbonyl (C=O) groups excluding carboxylic acids is 2. The summed E-state index contributed by atoms with van der Waals surface area (Å²) in [6.45, 7) is 0. The first-order chi connectivity index (χ1) is 8.86. The van der Waals surface area contributed by atoms with E-state index in [9.17, 15) is 19.2 Å². The summed E-state index contributed by atoms with van der Waals surface area (Å²) < 4.78 is 0. The lowest BCUT2D eigenvalue weighted by Gasteiger charge is -2.07. The molecule has 19 heavy (non-hydrogen) atoms. The van der Waals surface area contributed by atoms with Gasteiger partial charge in [-0.05, 0) is 18.2 Å². The van der Waals surface area contributed by atoms with Gasteiger partial charge in [0.05, 0.1) is 16.7 Å². The van der Waals surface area contributed by atoms with E-state index in [-0.39, 0.29) is 5.56 Å². The summed E-state index contributed by atoms with van der Waals surface area (Å²) in [6.07, 6.45) is 0. The first kappa shape index (κ1) is 14.2. The molecular weight excluding hydrogens is 256 g/mol. The third-order valence-electron chi connectivity index (χ3n) is 2.20. The number of amides is 3. The maximum absolute atomic E-state index is 11.7. The van der Waals surface area contributed by atoms with Gasteiger partial charge in [-0.15, -0.1) is 0 Å². The first-order valence-corrected chi connectivity index (χ1v) is 5.00. The Kier molecular flexibility index (Phi) is 4.19. The highest BCUT2D eigenvalue weighted by atomic mass is 16.4. The molecule has 0 aliphatic rings. The fourth-order valence-corrected chi connectivity index (χ4v) is 1.28. The molecular formula is C11H10N2O6. The van der Waals surface area contributed by atoms with Crippen LogP contribution in [0, 0.1) is 0 Å². The van der Waals surface area contributed by atoms with Crippen molar-refractivity contribution in [2.45, 2.75) is 0 Å². The molecule has 0 aliphatic carbocycles. The van der Waals surface area contributed by atoms with Crippen molar-refractivity contribution in [3.63, 3.8) is 0 Å². The molecule has 1 rings (SSSR count). The number of hydrogen-bond acceptors (Lipinski definition) is 4. The zero-order valence-corrected chi connectivity index (χ0v) is 9.76. The molecule has 0 saturated heterocycles. The lowest BCUT2D eigenvalue weighted by molar-refractivity contribution is 0.0678. The van der Waals surface area contributed by atoms with Crippen LogP contribution in [0.2, 0.25) is 0 Å². The minimum atomic E-state index is -1.40. The van der Waals surface area contributed by atoms with Crippen molar-refractivity contribution in [2.75, 3.05) is 7.05 Å². The normalized spacial score (nSPS) is 9.53. The van der Waals surface area contributed by atoms with Crippen molar-refractivity contribution in [1.29, 1.82) is 0 Å². The predicted molar refractivity (Wildman–Crippen MR) is 62.3 cm³/mol. The third-order valence-corrected chi connectivity index (χ3v) is 2.20. The predicted octanol–water partition coefficient (Wildman–Crippen LogP) is 0.152. The fourth-order valence-electron chi connectivity index (χ4n) is 1.28. The van der Waals surface area contributed by atoms with Crippen LogP contribution >= 0.6 is 0 Å². The second kappa shape index (κ2) is 5.63. The molecule has 0 radical (unpaired) electrons. The molecule has 1 aromatic carbocycles. The Morgan fingerprint density at radius 1 is 1.00 bits per heavy atom. The van der Waals surface area contributed by atoms with Crippen molar-refractivity contribution in [3.05, 3.63) is 34.9 Å². The highest BCUT2D eigenvalue weighted by molar-refractivity contribution is 6.11. The number of imide groups is 1. The Morgan fingerprint density at radius 3 is 2.11 bits per heavy atom. The lowest BCUT2D eigenvalue weighted by atomic mass is 10.0. The van der Waals surface area contributed by atoms with Crippen molar-refractivity contribution >= 4 is 23.9 Å². The van der Waals surface area contributed by atoms with Gasteiger partial charge in [0.15, 0.2) is 0 Å². The van der Waals surface area contributed by atoms with Gasteiger partial charge in [0, 0.05) is 7.05 Å². The fraction of sp³-hybridized carbons (Fsp3) is 0.0909. The SMILES string of the molecule is CNC(=O)NC(=O)c1cc(C(=O)O)ccc1C(=O)O. The number of carboxylic acid groups (broad SMARTS) is 2. The van der Waals surface area contributed by atoms with Crippen LogP contribution < -0.4 is 10.6 Å². The maximum Gasteiger partial charge on any atom is 0.336 e. The zero-order chi connectivity index (χ0) is 14.6. The molecule has 0 heterocycles. The van der Waals surface area contributed by atoms with Gasteiger partial charge in [-0.2, -0.15) is 0 Å². The summed E-state index contributed by atoms with van der Waals surface area (Å²) in [5.41, 5.74) is -1.06. The smallest absolute Gasteiger partial charge is 0.336 e. The molecule has 3 amide bonds. The zero-order valence-electron chi connectivity index (χ0n) is 9.76. The van der Waals surface area contributed by atoms with Crippen molar-refractivity contribution in [2.24, 2.45) is 0 Å². The molecule has 100 valence electrons. The van der Waals surface area contributed by atoms with Gasteiger partial charge >= 0.3 is 18.0 Å². The highest BCUT2D eigenvalue weighted by Gasteiger charge is 2.20. The average molecular weight is 266 g/mol. The van der Waals surface area contributed by atoms with Crippen LogP contribution in [0.15, 0.2) is 18.2 Å². The largest absolute Gasteiger partial charge is 0.478 e. The van der Waals surface area contributed by atoms with Gasteiger partial charge in [-0.1, -0.05) is 0 Å². The third kappa shape index (κ3) is 3.28. The number of rotatable bonds is 3. The van der Waals surface area contributed by atoms with Crippen LogP contribution in [-0.2, 0) is 0 Å². The van der Waals surface area contributed by atoms with E-state index in [2.05, 4.69) is 5.32 Å². The van der Waals surface area contributed by atoms with Gasteiger partial charge in [0.1, 0.15) is 0 Å². The number of hydrogen-bond donors (Lipinski definition) is 4. The van der Waals surface area contributed by atoms with Crippen LogP contribution in [0.5, 0.6) is 0 Å². The monoisotopic (exact) mass is 266 g/mol. The van der Waals surface area contributed by atoms with Gasteiger partial charge in [0.25, 0.3) is 5.91 Å². The molecule has 0 bridgehead atoms. The van der Waals surface area contributed by atoms with Crippen LogP contribution in [0.3, 0.4) is 0 Å². The van der Waals surface area contributed by atoms with Crippen molar-refractivity contribution in [3.8, 4) is 0 Å². The second-order valence-electron chi connectivity index (χ2n) is 3.40. The molecule has 0 spiro atoms. The Bertz CT molecular complexity index is 566. The molecule has 0 aromatic heterocycles. The van der Waals surface area contributed by atoms with E-state index in [1.54, 1.807) is 0 Å². The van der Waals surface area contributed by atoms with Gasteiger partial charge in [-0.3, -0.25) is 10.1 Å². The van der Waals surface area contributed by atoms with Crippen LogP contribution in [0.1, 0.15) is 31.1 Å². The number of aromatic carboxylic acids is 2. The number of nitrogens with one attached hydrogen (secondary N) is 2. The molecule has 0 unspecified atom stereocenters. The van der Waals surface area contributed by atoms with Crippen LogP contribution in [0.4, 0.5) is 4.79 Å². The maximum atomic E-state index is 11.7. The molecule has 0 atom stereocenters. The quantitative estimate of drug-likeness (QED) is 0.615. The molecule has 8 heteroatoms. The van der Waals surface area contributed by atoms with Crippen molar-refractivity contribution < 1.29 is 29.4 Å². The number of carboxylic acids is 2.